The second-order valence-corrected chi connectivity index (χ2v) is 6.71. The molecule has 0 heterocycles. The number of hydrogen-bond acceptors (Lipinski definition) is 3. The molecule has 0 amide bonds. The Labute approximate surface area is 142 Å². The summed E-state index contributed by atoms with van der Waals surface area (Å²) in [7, 11) is 3.26. The van der Waals surface area contributed by atoms with E-state index in [4.69, 9.17) is 9.47 Å². The molecule has 1 rings (SSSR count). The predicted octanol–water partition coefficient (Wildman–Crippen LogP) is 5.30. The maximum atomic E-state index is 11.0. The SMILES string of the molecule is CCCCCCCCC(C)C(C)(O)c1cc(OC)cc(OC)c1. The molecule has 2 unspecified atom stereocenters. The van der Waals surface area contributed by atoms with E-state index in [1.165, 1.54) is 38.5 Å². The number of methoxy groups -OCH3 is 2. The van der Waals surface area contributed by atoms with Gasteiger partial charge in [-0.3, -0.25) is 0 Å². The van der Waals surface area contributed by atoms with Gasteiger partial charge in [-0.2, -0.15) is 0 Å². The molecule has 0 aromatic heterocycles. The van der Waals surface area contributed by atoms with Gasteiger partial charge in [-0.1, -0.05) is 52.4 Å². The van der Waals surface area contributed by atoms with Crippen molar-refractivity contribution in [3.63, 3.8) is 0 Å². The summed E-state index contributed by atoms with van der Waals surface area (Å²) in [4.78, 5) is 0. The standard InChI is InChI=1S/C20H34O3/c1-6-7-8-9-10-11-12-16(2)20(3,21)17-13-18(22-4)15-19(14-17)23-5/h13-16,21H,6-12H2,1-5H3. The van der Waals surface area contributed by atoms with Crippen LogP contribution in [-0.4, -0.2) is 19.3 Å². The second-order valence-electron chi connectivity index (χ2n) is 6.71. The lowest BCUT2D eigenvalue weighted by Gasteiger charge is -2.31. The van der Waals surface area contributed by atoms with Crippen LogP contribution in [0.25, 0.3) is 0 Å². The van der Waals surface area contributed by atoms with E-state index >= 15 is 0 Å². The lowest BCUT2D eigenvalue weighted by Crippen LogP contribution is -2.30. The number of unbranched alkanes of at least 4 members (excludes halogenated alkanes) is 5. The fraction of sp³-hybridized carbons (Fsp3) is 0.700. The van der Waals surface area contributed by atoms with E-state index in [0.717, 1.165) is 12.0 Å². The summed E-state index contributed by atoms with van der Waals surface area (Å²) in [5.74, 6) is 1.61. The molecule has 1 aromatic rings. The number of ether oxygens (including phenoxy) is 2. The van der Waals surface area contributed by atoms with Crippen LogP contribution in [0.1, 0.15) is 71.3 Å². The Morgan fingerprint density at radius 1 is 0.957 bits per heavy atom. The van der Waals surface area contributed by atoms with Gasteiger partial charge in [0.15, 0.2) is 0 Å². The molecule has 23 heavy (non-hydrogen) atoms. The molecular weight excluding hydrogens is 288 g/mol. The lowest BCUT2D eigenvalue weighted by molar-refractivity contribution is -0.00323. The average molecular weight is 322 g/mol. The summed E-state index contributed by atoms with van der Waals surface area (Å²) in [6.07, 6.45) is 8.69. The lowest BCUT2D eigenvalue weighted by atomic mass is 9.81. The highest BCUT2D eigenvalue weighted by molar-refractivity contribution is 5.41. The normalized spacial score (nSPS) is 15.0. The van der Waals surface area contributed by atoms with Crippen molar-refractivity contribution in [2.75, 3.05) is 14.2 Å². The van der Waals surface area contributed by atoms with Crippen LogP contribution in [0.3, 0.4) is 0 Å². The maximum Gasteiger partial charge on any atom is 0.122 e. The third-order valence-electron chi connectivity index (χ3n) is 4.89. The molecule has 0 saturated heterocycles. The third-order valence-corrected chi connectivity index (χ3v) is 4.89. The van der Waals surface area contributed by atoms with E-state index in [9.17, 15) is 5.11 Å². The topological polar surface area (TPSA) is 38.7 Å². The molecule has 132 valence electrons. The van der Waals surface area contributed by atoms with Crippen molar-refractivity contribution in [3.05, 3.63) is 23.8 Å². The van der Waals surface area contributed by atoms with E-state index in [0.29, 0.717) is 11.5 Å². The van der Waals surface area contributed by atoms with Crippen molar-refractivity contribution >= 4 is 0 Å². The van der Waals surface area contributed by atoms with Gasteiger partial charge < -0.3 is 14.6 Å². The first kappa shape index (κ1) is 19.8. The van der Waals surface area contributed by atoms with E-state index in [-0.39, 0.29) is 5.92 Å². The first-order valence-corrected chi connectivity index (χ1v) is 8.91. The summed E-state index contributed by atoms with van der Waals surface area (Å²) in [6.45, 7) is 6.25. The molecule has 0 spiro atoms. The Morgan fingerprint density at radius 2 is 1.48 bits per heavy atom. The van der Waals surface area contributed by atoms with Crippen LogP contribution in [0.15, 0.2) is 18.2 Å². The Hall–Kier alpha value is -1.22. The predicted molar refractivity (Wildman–Crippen MR) is 96.3 cm³/mol. The molecule has 0 bridgehead atoms. The molecule has 0 aliphatic rings. The Balaban J connectivity index is 2.65. The summed E-state index contributed by atoms with van der Waals surface area (Å²) in [5, 5.41) is 11.0. The number of benzene rings is 1. The van der Waals surface area contributed by atoms with Gasteiger partial charge in [-0.25, -0.2) is 0 Å². The first-order chi connectivity index (χ1) is 11.0. The monoisotopic (exact) mass is 322 g/mol. The highest BCUT2D eigenvalue weighted by Gasteiger charge is 2.31. The minimum Gasteiger partial charge on any atom is -0.497 e. The van der Waals surface area contributed by atoms with Gasteiger partial charge in [0.1, 0.15) is 11.5 Å². The van der Waals surface area contributed by atoms with Crippen molar-refractivity contribution in [2.24, 2.45) is 5.92 Å². The zero-order valence-electron chi connectivity index (χ0n) is 15.5. The van der Waals surface area contributed by atoms with Crippen LogP contribution in [0.4, 0.5) is 0 Å². The summed E-state index contributed by atoms with van der Waals surface area (Å²) >= 11 is 0. The quantitative estimate of drug-likeness (QED) is 0.562. The van der Waals surface area contributed by atoms with Crippen molar-refractivity contribution in [2.45, 2.75) is 71.3 Å². The first-order valence-electron chi connectivity index (χ1n) is 8.91. The van der Waals surface area contributed by atoms with Crippen molar-refractivity contribution in [1.29, 1.82) is 0 Å². The molecule has 1 N–H and O–H groups in total. The zero-order valence-corrected chi connectivity index (χ0v) is 15.5. The largest absolute Gasteiger partial charge is 0.497 e. The van der Waals surface area contributed by atoms with Gasteiger partial charge in [-0.05, 0) is 37.0 Å². The smallest absolute Gasteiger partial charge is 0.122 e. The van der Waals surface area contributed by atoms with Crippen molar-refractivity contribution in [1.82, 2.24) is 0 Å². The van der Waals surface area contributed by atoms with Gasteiger partial charge in [0.2, 0.25) is 0 Å². The third kappa shape index (κ3) is 6.06. The van der Waals surface area contributed by atoms with Crippen LogP contribution in [-0.2, 0) is 5.60 Å². The number of hydrogen-bond donors (Lipinski definition) is 1. The highest BCUT2D eigenvalue weighted by Crippen LogP contribution is 2.36. The number of rotatable bonds is 11. The van der Waals surface area contributed by atoms with Crippen molar-refractivity contribution in [3.8, 4) is 11.5 Å². The Morgan fingerprint density at radius 3 is 2.00 bits per heavy atom. The van der Waals surface area contributed by atoms with Gasteiger partial charge in [0, 0.05) is 6.07 Å². The van der Waals surface area contributed by atoms with Crippen LogP contribution < -0.4 is 9.47 Å². The molecule has 3 heteroatoms. The zero-order chi connectivity index (χ0) is 17.3. The molecule has 2 atom stereocenters. The van der Waals surface area contributed by atoms with Gasteiger partial charge >= 0.3 is 0 Å². The summed E-state index contributed by atoms with van der Waals surface area (Å²) in [5.41, 5.74) is -0.0298. The molecule has 1 aromatic carbocycles. The van der Waals surface area contributed by atoms with Crippen LogP contribution in [0.5, 0.6) is 11.5 Å². The van der Waals surface area contributed by atoms with Crippen LogP contribution >= 0.6 is 0 Å². The van der Waals surface area contributed by atoms with E-state index in [2.05, 4.69) is 13.8 Å². The number of aliphatic hydroxyl groups is 1. The fourth-order valence-corrected chi connectivity index (χ4v) is 2.90. The minimum absolute atomic E-state index is 0.186. The van der Waals surface area contributed by atoms with Crippen molar-refractivity contribution < 1.29 is 14.6 Å². The highest BCUT2D eigenvalue weighted by atomic mass is 16.5. The Bertz CT molecular complexity index is 432. The maximum absolute atomic E-state index is 11.0. The molecule has 3 nitrogen and oxygen atoms in total. The second kappa shape index (κ2) is 9.82. The molecular formula is C20H34O3. The van der Waals surface area contributed by atoms with Gasteiger partial charge in [0.05, 0.1) is 19.8 Å². The minimum atomic E-state index is -0.884. The molecule has 0 aliphatic heterocycles. The van der Waals surface area contributed by atoms with E-state index in [1.54, 1.807) is 14.2 Å². The van der Waals surface area contributed by atoms with Gasteiger partial charge in [0.25, 0.3) is 0 Å². The fourth-order valence-electron chi connectivity index (χ4n) is 2.90. The summed E-state index contributed by atoms with van der Waals surface area (Å²) in [6, 6.07) is 5.64. The molecule has 0 fully saturated rings. The van der Waals surface area contributed by atoms with Gasteiger partial charge in [-0.15, -0.1) is 0 Å². The van der Waals surface area contributed by atoms with Crippen LogP contribution in [0.2, 0.25) is 0 Å². The van der Waals surface area contributed by atoms with E-state index in [1.807, 2.05) is 25.1 Å². The Kier molecular flexibility index (Phi) is 8.46. The summed E-state index contributed by atoms with van der Waals surface area (Å²) < 4.78 is 10.6. The molecule has 0 radical (unpaired) electrons. The molecule has 0 saturated carbocycles. The average Bonchev–Trinajstić information content (AvgIpc) is 2.57. The van der Waals surface area contributed by atoms with E-state index < -0.39 is 5.60 Å². The van der Waals surface area contributed by atoms with Crippen LogP contribution in [0, 0.1) is 5.92 Å². The molecule has 0 aliphatic carbocycles.